The molecule has 1 aliphatic heterocycles. The van der Waals surface area contributed by atoms with Crippen molar-refractivity contribution in [1.82, 2.24) is 4.90 Å². The van der Waals surface area contributed by atoms with Crippen LogP contribution in [0.2, 0.25) is 0 Å². The predicted molar refractivity (Wildman–Crippen MR) is 100 cm³/mol. The summed E-state index contributed by atoms with van der Waals surface area (Å²) in [7, 11) is 1.65. The van der Waals surface area contributed by atoms with Crippen molar-refractivity contribution in [1.29, 1.82) is 0 Å². The highest BCUT2D eigenvalue weighted by atomic mass is 79.9. The van der Waals surface area contributed by atoms with Crippen LogP contribution >= 0.6 is 15.9 Å². The van der Waals surface area contributed by atoms with E-state index in [9.17, 15) is 9.59 Å². The molecular weight excluding hydrogens is 382 g/mol. The van der Waals surface area contributed by atoms with Crippen molar-refractivity contribution < 1.29 is 14.3 Å². The van der Waals surface area contributed by atoms with Gasteiger partial charge in [-0.1, -0.05) is 28.1 Å². The zero-order valence-corrected chi connectivity index (χ0v) is 15.9. The summed E-state index contributed by atoms with van der Waals surface area (Å²) in [5.74, 6) is 0.774. The Morgan fingerprint density at radius 3 is 2.44 bits per heavy atom. The molecule has 25 heavy (non-hydrogen) atoms. The van der Waals surface area contributed by atoms with Gasteiger partial charge in [-0.05, 0) is 50.1 Å². The molecule has 0 N–H and O–H groups in total. The van der Waals surface area contributed by atoms with Crippen molar-refractivity contribution in [3.05, 3.63) is 63.6 Å². The molecule has 130 valence electrons. The number of amides is 1. The minimum atomic E-state index is -0.0142. The number of ketones is 1. The van der Waals surface area contributed by atoms with Crippen LogP contribution in [0.5, 0.6) is 5.75 Å². The molecular formula is C20H20BrNO3. The van der Waals surface area contributed by atoms with Gasteiger partial charge in [0.05, 0.1) is 13.2 Å². The van der Waals surface area contributed by atoms with Crippen LogP contribution in [0.3, 0.4) is 0 Å². The predicted octanol–water partition coefficient (Wildman–Crippen LogP) is 4.64. The number of hydrogen-bond donors (Lipinski definition) is 0. The number of carbonyl (C=O) groups excluding carboxylic acids is 2. The Kier molecular flexibility index (Phi) is 5.23. The van der Waals surface area contributed by atoms with Gasteiger partial charge < -0.3 is 9.64 Å². The Balaban J connectivity index is 1.90. The summed E-state index contributed by atoms with van der Waals surface area (Å²) in [6.07, 6.45) is 1.86. The van der Waals surface area contributed by atoms with E-state index >= 15 is 0 Å². The summed E-state index contributed by atoms with van der Waals surface area (Å²) in [5.41, 5.74) is 2.23. The lowest BCUT2D eigenvalue weighted by Gasteiger charge is -2.26. The molecule has 5 heteroatoms. The summed E-state index contributed by atoms with van der Waals surface area (Å²) in [6.45, 7) is 2.24. The molecule has 0 saturated carbocycles. The largest absolute Gasteiger partial charge is 0.496 e. The van der Waals surface area contributed by atoms with E-state index in [1.54, 1.807) is 31.4 Å². The second-order valence-corrected chi connectivity index (χ2v) is 7.09. The first kappa shape index (κ1) is 17.7. The third-order valence-electron chi connectivity index (χ3n) is 4.60. The van der Waals surface area contributed by atoms with Gasteiger partial charge in [0, 0.05) is 27.7 Å². The number of nitrogens with zero attached hydrogens (tertiary/aromatic N) is 1. The fraction of sp³-hybridized carbons (Fsp3) is 0.300. The fourth-order valence-electron chi connectivity index (χ4n) is 3.31. The normalized spacial score (nSPS) is 16.8. The minimum absolute atomic E-state index is 0.00285. The maximum Gasteiger partial charge on any atom is 0.254 e. The first-order valence-electron chi connectivity index (χ1n) is 8.26. The molecule has 4 nitrogen and oxygen atoms in total. The van der Waals surface area contributed by atoms with Gasteiger partial charge in [-0.2, -0.15) is 0 Å². The van der Waals surface area contributed by atoms with Crippen molar-refractivity contribution >= 4 is 27.6 Å². The van der Waals surface area contributed by atoms with Gasteiger partial charge in [-0.15, -0.1) is 0 Å². The SMILES string of the molecule is COc1ccc(Br)cc1C1CCCN1C(=O)c1ccc(C(C)=O)cc1. The van der Waals surface area contributed by atoms with Gasteiger partial charge in [0.1, 0.15) is 5.75 Å². The molecule has 1 fully saturated rings. The molecule has 0 aromatic heterocycles. The van der Waals surface area contributed by atoms with Crippen molar-refractivity contribution in [2.75, 3.05) is 13.7 Å². The van der Waals surface area contributed by atoms with Crippen LogP contribution < -0.4 is 4.74 Å². The molecule has 1 amide bonds. The lowest BCUT2D eigenvalue weighted by Crippen LogP contribution is -2.30. The van der Waals surface area contributed by atoms with Crippen molar-refractivity contribution in [3.8, 4) is 5.75 Å². The molecule has 1 atom stereocenters. The van der Waals surface area contributed by atoms with Crippen LogP contribution in [-0.4, -0.2) is 30.2 Å². The van der Waals surface area contributed by atoms with E-state index in [1.807, 2.05) is 23.1 Å². The number of likely N-dealkylation sites (tertiary alicyclic amines) is 1. The second-order valence-electron chi connectivity index (χ2n) is 6.18. The van der Waals surface area contributed by atoms with Gasteiger partial charge in [0.25, 0.3) is 5.91 Å². The Labute approximate surface area is 155 Å². The molecule has 3 rings (SSSR count). The summed E-state index contributed by atoms with van der Waals surface area (Å²) in [6, 6.07) is 12.7. The molecule has 1 unspecified atom stereocenters. The van der Waals surface area contributed by atoms with E-state index in [2.05, 4.69) is 15.9 Å². The van der Waals surface area contributed by atoms with Gasteiger partial charge in [-0.25, -0.2) is 0 Å². The molecule has 1 heterocycles. The third kappa shape index (κ3) is 3.61. The molecule has 0 radical (unpaired) electrons. The van der Waals surface area contributed by atoms with Crippen LogP contribution in [-0.2, 0) is 0 Å². The van der Waals surface area contributed by atoms with Gasteiger partial charge in [-0.3, -0.25) is 9.59 Å². The van der Waals surface area contributed by atoms with Gasteiger partial charge in [0.2, 0.25) is 0 Å². The highest BCUT2D eigenvalue weighted by molar-refractivity contribution is 9.10. The number of carbonyl (C=O) groups is 2. The van der Waals surface area contributed by atoms with E-state index in [1.165, 1.54) is 6.92 Å². The van der Waals surface area contributed by atoms with Crippen LogP contribution in [0.1, 0.15) is 52.1 Å². The molecule has 1 saturated heterocycles. The van der Waals surface area contributed by atoms with E-state index in [-0.39, 0.29) is 17.7 Å². The molecule has 2 aromatic carbocycles. The summed E-state index contributed by atoms with van der Waals surface area (Å²) in [5, 5.41) is 0. The van der Waals surface area contributed by atoms with E-state index in [0.29, 0.717) is 17.7 Å². The first-order chi connectivity index (χ1) is 12.0. The Morgan fingerprint density at radius 1 is 1.12 bits per heavy atom. The second kappa shape index (κ2) is 7.40. The zero-order valence-electron chi connectivity index (χ0n) is 14.3. The quantitative estimate of drug-likeness (QED) is 0.701. The van der Waals surface area contributed by atoms with Crippen LogP contribution in [0.4, 0.5) is 0 Å². The standard InChI is InChI=1S/C20H20BrNO3/c1-13(23)14-5-7-15(8-6-14)20(24)22-11-3-4-18(22)17-12-16(21)9-10-19(17)25-2/h5-10,12,18H,3-4,11H2,1-2H3. The van der Waals surface area contributed by atoms with Gasteiger partial charge >= 0.3 is 0 Å². The Hall–Kier alpha value is -2.14. The van der Waals surface area contributed by atoms with E-state index < -0.39 is 0 Å². The van der Waals surface area contributed by atoms with Crippen molar-refractivity contribution in [2.24, 2.45) is 0 Å². The third-order valence-corrected chi connectivity index (χ3v) is 5.10. The topological polar surface area (TPSA) is 46.6 Å². The van der Waals surface area contributed by atoms with Crippen molar-refractivity contribution in [2.45, 2.75) is 25.8 Å². The van der Waals surface area contributed by atoms with Crippen LogP contribution in [0, 0.1) is 0 Å². The highest BCUT2D eigenvalue weighted by Crippen LogP contribution is 2.39. The number of methoxy groups -OCH3 is 1. The monoisotopic (exact) mass is 401 g/mol. The van der Waals surface area contributed by atoms with Crippen LogP contribution in [0.15, 0.2) is 46.9 Å². The lowest BCUT2D eigenvalue weighted by atomic mass is 10.0. The number of hydrogen-bond acceptors (Lipinski definition) is 3. The van der Waals surface area contributed by atoms with E-state index in [4.69, 9.17) is 4.74 Å². The summed E-state index contributed by atoms with van der Waals surface area (Å²) in [4.78, 5) is 26.3. The summed E-state index contributed by atoms with van der Waals surface area (Å²) >= 11 is 3.51. The maximum absolute atomic E-state index is 13.0. The number of rotatable bonds is 4. The molecule has 0 bridgehead atoms. The minimum Gasteiger partial charge on any atom is -0.496 e. The molecule has 2 aromatic rings. The van der Waals surface area contributed by atoms with Crippen molar-refractivity contribution in [3.63, 3.8) is 0 Å². The van der Waals surface area contributed by atoms with Gasteiger partial charge in [0.15, 0.2) is 5.78 Å². The lowest BCUT2D eigenvalue weighted by molar-refractivity contribution is 0.0733. The zero-order chi connectivity index (χ0) is 18.0. The number of Topliss-reactive ketones (excluding diaryl/α,β-unsaturated/α-hetero) is 1. The molecule has 0 aliphatic carbocycles. The maximum atomic E-state index is 13.0. The smallest absolute Gasteiger partial charge is 0.254 e. The van der Waals surface area contributed by atoms with E-state index in [0.717, 1.165) is 28.6 Å². The Morgan fingerprint density at radius 2 is 1.80 bits per heavy atom. The fourth-order valence-corrected chi connectivity index (χ4v) is 3.69. The number of halogens is 1. The highest BCUT2D eigenvalue weighted by Gasteiger charge is 2.32. The number of benzene rings is 2. The average Bonchev–Trinajstić information content (AvgIpc) is 3.10. The first-order valence-corrected chi connectivity index (χ1v) is 9.06. The molecule has 1 aliphatic rings. The number of ether oxygens (including phenoxy) is 1. The summed E-state index contributed by atoms with van der Waals surface area (Å²) < 4.78 is 6.46. The van der Waals surface area contributed by atoms with Crippen LogP contribution in [0.25, 0.3) is 0 Å². The Bertz CT molecular complexity index is 801. The molecule has 0 spiro atoms. The average molecular weight is 402 g/mol.